The zero-order valence-corrected chi connectivity index (χ0v) is 17.9. The summed E-state index contributed by atoms with van der Waals surface area (Å²) in [7, 11) is 1.69. The molecule has 1 saturated heterocycles. The van der Waals surface area contributed by atoms with E-state index in [2.05, 4.69) is 17.0 Å². The molecule has 6 heteroatoms. The van der Waals surface area contributed by atoms with Crippen molar-refractivity contribution in [2.45, 2.75) is 46.1 Å². The summed E-state index contributed by atoms with van der Waals surface area (Å²) < 4.78 is 11.1. The minimum atomic E-state index is 0.138. The Labute approximate surface area is 173 Å². The molecule has 158 valence electrons. The van der Waals surface area contributed by atoms with Crippen molar-refractivity contribution in [3.8, 4) is 11.3 Å². The third-order valence-electron chi connectivity index (χ3n) is 5.67. The average Bonchev–Trinajstić information content (AvgIpc) is 3.17. The number of carbonyl (C=O) groups is 1. The zero-order valence-electron chi connectivity index (χ0n) is 17.9. The highest BCUT2D eigenvalue weighted by atomic mass is 16.5. The van der Waals surface area contributed by atoms with Crippen molar-refractivity contribution >= 4 is 11.8 Å². The number of methoxy groups -OCH3 is 1. The molecule has 0 N–H and O–H groups in total. The monoisotopic (exact) mass is 399 g/mol. The summed E-state index contributed by atoms with van der Waals surface area (Å²) in [4.78, 5) is 16.8. The molecular weight excluding hydrogens is 366 g/mol. The van der Waals surface area contributed by atoms with Gasteiger partial charge in [-0.15, -0.1) is 0 Å². The molecule has 0 atom stereocenters. The van der Waals surface area contributed by atoms with E-state index in [1.807, 2.05) is 42.2 Å². The molecule has 0 bridgehead atoms. The van der Waals surface area contributed by atoms with Crippen LogP contribution in [-0.2, 0) is 16.1 Å². The standard InChI is InChI=1S/C23H33N3O3/c1-4-21(27)26(13-8-16-28-3)17-20-22(19-9-6-5-7-10-19)24-29-23(20)25-14-11-18(2)12-15-25/h5-7,9-10,18H,4,8,11-17H2,1-3H3. The fourth-order valence-corrected chi connectivity index (χ4v) is 3.83. The molecule has 2 aromatic rings. The predicted molar refractivity (Wildman–Crippen MR) is 115 cm³/mol. The van der Waals surface area contributed by atoms with E-state index >= 15 is 0 Å². The van der Waals surface area contributed by atoms with Crippen LogP contribution in [0.2, 0.25) is 0 Å². The fourth-order valence-electron chi connectivity index (χ4n) is 3.83. The van der Waals surface area contributed by atoms with Crippen LogP contribution in [0.4, 0.5) is 5.88 Å². The van der Waals surface area contributed by atoms with E-state index in [1.54, 1.807) is 7.11 Å². The van der Waals surface area contributed by atoms with Gasteiger partial charge in [-0.3, -0.25) is 4.79 Å². The van der Waals surface area contributed by atoms with Crippen LogP contribution in [0.3, 0.4) is 0 Å². The summed E-state index contributed by atoms with van der Waals surface area (Å²) in [5.41, 5.74) is 2.86. The average molecular weight is 400 g/mol. The van der Waals surface area contributed by atoms with Gasteiger partial charge < -0.3 is 19.1 Å². The van der Waals surface area contributed by atoms with Crippen LogP contribution >= 0.6 is 0 Å². The summed E-state index contributed by atoms with van der Waals surface area (Å²) in [6.07, 6.45) is 3.58. The van der Waals surface area contributed by atoms with Crippen molar-refractivity contribution in [3.63, 3.8) is 0 Å². The third-order valence-corrected chi connectivity index (χ3v) is 5.67. The van der Waals surface area contributed by atoms with Gasteiger partial charge in [-0.05, 0) is 25.2 Å². The number of ether oxygens (including phenoxy) is 1. The second kappa shape index (κ2) is 10.4. The van der Waals surface area contributed by atoms with Gasteiger partial charge in [0, 0.05) is 45.3 Å². The van der Waals surface area contributed by atoms with Gasteiger partial charge in [-0.1, -0.05) is 49.3 Å². The van der Waals surface area contributed by atoms with Crippen molar-refractivity contribution in [1.29, 1.82) is 0 Å². The molecule has 1 aromatic heterocycles. The Kier molecular flexibility index (Phi) is 7.69. The van der Waals surface area contributed by atoms with Gasteiger partial charge >= 0.3 is 0 Å². The fraction of sp³-hybridized carbons (Fsp3) is 0.565. The van der Waals surface area contributed by atoms with E-state index in [0.717, 1.165) is 61.0 Å². The molecule has 3 rings (SSSR count). The molecule has 2 heterocycles. The van der Waals surface area contributed by atoms with Crippen molar-refractivity contribution < 1.29 is 14.1 Å². The Balaban J connectivity index is 1.92. The Bertz CT molecular complexity index is 767. The first-order valence-corrected chi connectivity index (χ1v) is 10.7. The van der Waals surface area contributed by atoms with Crippen molar-refractivity contribution in [2.75, 3.05) is 38.3 Å². The molecule has 1 aliphatic heterocycles. The summed E-state index contributed by atoms with van der Waals surface area (Å²) in [6.45, 7) is 7.93. The highest BCUT2D eigenvalue weighted by Gasteiger charge is 2.27. The molecule has 1 amide bonds. The first-order valence-electron chi connectivity index (χ1n) is 10.7. The smallest absolute Gasteiger partial charge is 0.232 e. The van der Waals surface area contributed by atoms with Crippen LogP contribution in [0.25, 0.3) is 11.3 Å². The lowest BCUT2D eigenvalue weighted by atomic mass is 9.98. The van der Waals surface area contributed by atoms with E-state index in [-0.39, 0.29) is 5.91 Å². The highest BCUT2D eigenvalue weighted by Crippen LogP contribution is 2.34. The molecule has 1 aromatic carbocycles. The number of aromatic nitrogens is 1. The molecule has 29 heavy (non-hydrogen) atoms. The summed E-state index contributed by atoms with van der Waals surface area (Å²) in [5, 5.41) is 4.44. The maximum Gasteiger partial charge on any atom is 0.232 e. The van der Waals surface area contributed by atoms with E-state index in [9.17, 15) is 4.79 Å². The predicted octanol–water partition coefficient (Wildman–Crippen LogP) is 4.35. The van der Waals surface area contributed by atoms with Gasteiger partial charge in [0.05, 0.1) is 12.1 Å². The van der Waals surface area contributed by atoms with Crippen LogP contribution in [0.5, 0.6) is 0 Å². The first kappa shape index (κ1) is 21.4. The van der Waals surface area contributed by atoms with E-state index in [0.29, 0.717) is 26.1 Å². The number of amides is 1. The Hall–Kier alpha value is -2.34. The van der Waals surface area contributed by atoms with Crippen LogP contribution < -0.4 is 4.90 Å². The molecule has 6 nitrogen and oxygen atoms in total. The van der Waals surface area contributed by atoms with Gasteiger partial charge in [-0.2, -0.15) is 0 Å². The van der Waals surface area contributed by atoms with E-state index < -0.39 is 0 Å². The SMILES string of the molecule is CCC(=O)N(CCCOC)Cc1c(-c2ccccc2)noc1N1CCC(C)CC1. The largest absolute Gasteiger partial charge is 0.385 e. The zero-order chi connectivity index (χ0) is 20.6. The molecule has 0 unspecified atom stereocenters. The van der Waals surface area contributed by atoms with Gasteiger partial charge in [0.25, 0.3) is 0 Å². The minimum absolute atomic E-state index is 0.138. The summed E-state index contributed by atoms with van der Waals surface area (Å²) in [6, 6.07) is 10.1. The lowest BCUT2D eigenvalue weighted by Gasteiger charge is -2.31. The van der Waals surface area contributed by atoms with Crippen molar-refractivity contribution in [3.05, 3.63) is 35.9 Å². The Morgan fingerprint density at radius 1 is 1.28 bits per heavy atom. The lowest BCUT2D eigenvalue weighted by molar-refractivity contribution is -0.131. The van der Waals surface area contributed by atoms with Crippen LogP contribution in [0.1, 0.15) is 45.1 Å². The van der Waals surface area contributed by atoms with Gasteiger partial charge in [0.2, 0.25) is 11.8 Å². The van der Waals surface area contributed by atoms with Crippen LogP contribution in [0.15, 0.2) is 34.9 Å². The quantitative estimate of drug-likeness (QED) is 0.587. The number of anilines is 1. The van der Waals surface area contributed by atoms with Crippen LogP contribution in [-0.4, -0.2) is 49.3 Å². The Morgan fingerprint density at radius 2 is 2.00 bits per heavy atom. The lowest BCUT2D eigenvalue weighted by Crippen LogP contribution is -2.35. The molecule has 0 radical (unpaired) electrons. The normalized spacial score (nSPS) is 14.9. The van der Waals surface area contributed by atoms with Gasteiger partial charge in [0.15, 0.2) is 0 Å². The first-order chi connectivity index (χ1) is 14.1. The van der Waals surface area contributed by atoms with Crippen molar-refractivity contribution in [1.82, 2.24) is 10.1 Å². The molecule has 0 saturated carbocycles. The number of piperidine rings is 1. The number of hydrogen-bond donors (Lipinski definition) is 0. The number of nitrogens with zero attached hydrogens (tertiary/aromatic N) is 3. The second-order valence-corrected chi connectivity index (χ2v) is 7.87. The maximum atomic E-state index is 12.6. The van der Waals surface area contributed by atoms with E-state index in [4.69, 9.17) is 9.26 Å². The minimum Gasteiger partial charge on any atom is -0.385 e. The van der Waals surface area contributed by atoms with Crippen LogP contribution in [0, 0.1) is 5.92 Å². The van der Waals surface area contributed by atoms with Gasteiger partial charge in [0.1, 0.15) is 5.69 Å². The number of benzene rings is 1. The molecule has 0 spiro atoms. The molecule has 0 aliphatic carbocycles. The second-order valence-electron chi connectivity index (χ2n) is 7.87. The van der Waals surface area contributed by atoms with Crippen molar-refractivity contribution in [2.24, 2.45) is 5.92 Å². The third kappa shape index (κ3) is 5.38. The number of carbonyl (C=O) groups excluding carboxylic acids is 1. The Morgan fingerprint density at radius 3 is 2.66 bits per heavy atom. The molecule has 1 aliphatic rings. The molecule has 1 fully saturated rings. The molecular formula is C23H33N3O3. The van der Waals surface area contributed by atoms with Gasteiger partial charge in [-0.25, -0.2) is 0 Å². The topological polar surface area (TPSA) is 58.8 Å². The summed E-state index contributed by atoms with van der Waals surface area (Å²) in [5.74, 6) is 1.69. The maximum absolute atomic E-state index is 12.6. The highest BCUT2D eigenvalue weighted by molar-refractivity contribution is 5.77. The van der Waals surface area contributed by atoms with E-state index in [1.165, 1.54) is 0 Å². The number of hydrogen-bond acceptors (Lipinski definition) is 5. The summed E-state index contributed by atoms with van der Waals surface area (Å²) >= 11 is 0. The number of rotatable bonds is 9.